The lowest BCUT2D eigenvalue weighted by Gasteiger charge is -2.36. The highest BCUT2D eigenvalue weighted by molar-refractivity contribution is 7.89. The topological polar surface area (TPSA) is 57.6 Å². The van der Waals surface area contributed by atoms with Gasteiger partial charge in [-0.3, -0.25) is 0 Å². The Morgan fingerprint density at radius 3 is 2.55 bits per heavy atom. The van der Waals surface area contributed by atoms with Gasteiger partial charge in [0.15, 0.2) is 0 Å². The first kappa shape index (κ1) is 17.2. The van der Waals surface area contributed by atoms with Crippen LogP contribution in [0.5, 0.6) is 0 Å². The summed E-state index contributed by atoms with van der Waals surface area (Å²) in [6, 6.07) is 6.93. The molecule has 22 heavy (non-hydrogen) atoms. The van der Waals surface area contributed by atoms with Gasteiger partial charge in [0.1, 0.15) is 0 Å². The van der Waals surface area contributed by atoms with Crippen molar-refractivity contribution in [3.63, 3.8) is 0 Å². The average Bonchev–Trinajstić information content (AvgIpc) is 2.50. The smallest absolute Gasteiger partial charge is 0.243 e. The Bertz CT molecular complexity index is 634. The lowest BCUT2D eigenvalue weighted by molar-refractivity contribution is 0.0694. The number of allylic oxidation sites excluding steroid dienone is 1. The number of nitrogens with zero attached hydrogens (tertiary/aromatic N) is 1. The number of aliphatic hydroxyl groups excluding tert-OH is 1. The quantitative estimate of drug-likeness (QED) is 0.867. The predicted molar refractivity (Wildman–Crippen MR) is 88.1 cm³/mol. The number of piperidine rings is 1. The minimum atomic E-state index is -3.49. The molecule has 1 saturated heterocycles. The molecule has 5 heteroatoms. The Labute approximate surface area is 133 Å². The molecule has 0 amide bonds. The Morgan fingerprint density at radius 2 is 2.00 bits per heavy atom. The van der Waals surface area contributed by atoms with E-state index in [2.05, 4.69) is 0 Å². The van der Waals surface area contributed by atoms with Crippen LogP contribution >= 0.6 is 0 Å². The van der Waals surface area contributed by atoms with Crippen molar-refractivity contribution in [3.8, 4) is 0 Å². The van der Waals surface area contributed by atoms with Crippen LogP contribution in [0.3, 0.4) is 0 Å². The van der Waals surface area contributed by atoms with Crippen molar-refractivity contribution in [2.24, 2.45) is 5.92 Å². The fraction of sp³-hybridized carbons (Fsp3) is 0.529. The Hall–Kier alpha value is -1.17. The zero-order valence-corrected chi connectivity index (χ0v) is 14.3. The van der Waals surface area contributed by atoms with Crippen LogP contribution in [0.15, 0.2) is 40.8 Å². The summed E-state index contributed by atoms with van der Waals surface area (Å²) in [7, 11) is -3.49. The summed E-state index contributed by atoms with van der Waals surface area (Å²) < 4.78 is 27.1. The van der Waals surface area contributed by atoms with Crippen molar-refractivity contribution < 1.29 is 13.5 Å². The standard InChI is InChI=1S/C17H25NO3S/c1-4-14(5-2)16-12-18(11-10-17(16)19)22(20,21)15-8-6-13(3)7-9-15/h4,6-9,16-17,19H,5,10-12H2,1-3H3/b14-4-/t16-,17+/m0/s1. The molecule has 1 heterocycles. The van der Waals surface area contributed by atoms with Gasteiger partial charge in [-0.25, -0.2) is 8.42 Å². The summed E-state index contributed by atoms with van der Waals surface area (Å²) in [5.74, 6) is -0.107. The third-order valence-corrected chi connectivity index (χ3v) is 6.33. The van der Waals surface area contributed by atoms with E-state index in [0.29, 0.717) is 24.4 Å². The van der Waals surface area contributed by atoms with E-state index in [-0.39, 0.29) is 5.92 Å². The van der Waals surface area contributed by atoms with E-state index < -0.39 is 16.1 Å². The number of benzene rings is 1. The maximum absolute atomic E-state index is 12.8. The molecular formula is C17H25NO3S. The third kappa shape index (κ3) is 3.42. The number of hydrogen-bond acceptors (Lipinski definition) is 3. The van der Waals surface area contributed by atoms with Gasteiger partial charge in [-0.2, -0.15) is 4.31 Å². The van der Waals surface area contributed by atoms with Gasteiger partial charge < -0.3 is 5.11 Å². The van der Waals surface area contributed by atoms with E-state index in [1.807, 2.05) is 39.0 Å². The molecular weight excluding hydrogens is 298 g/mol. The summed E-state index contributed by atoms with van der Waals surface area (Å²) >= 11 is 0. The molecule has 1 aliphatic rings. The minimum Gasteiger partial charge on any atom is -0.392 e. The first-order valence-electron chi connectivity index (χ1n) is 7.80. The number of sulfonamides is 1. The molecule has 122 valence electrons. The Kier molecular flexibility index (Phi) is 5.42. The molecule has 1 aromatic carbocycles. The largest absolute Gasteiger partial charge is 0.392 e. The van der Waals surface area contributed by atoms with E-state index in [1.165, 1.54) is 4.31 Å². The molecule has 1 N–H and O–H groups in total. The van der Waals surface area contributed by atoms with Crippen LogP contribution in [0.25, 0.3) is 0 Å². The van der Waals surface area contributed by atoms with Crippen molar-refractivity contribution in [1.82, 2.24) is 4.31 Å². The molecule has 0 aliphatic carbocycles. The number of rotatable bonds is 4. The first-order chi connectivity index (χ1) is 10.4. The fourth-order valence-electron chi connectivity index (χ4n) is 3.03. The van der Waals surface area contributed by atoms with E-state index >= 15 is 0 Å². The van der Waals surface area contributed by atoms with E-state index in [0.717, 1.165) is 17.6 Å². The molecule has 2 atom stereocenters. The fourth-order valence-corrected chi connectivity index (χ4v) is 4.51. The van der Waals surface area contributed by atoms with Crippen LogP contribution in [0.2, 0.25) is 0 Å². The van der Waals surface area contributed by atoms with Gasteiger partial charge in [-0.1, -0.05) is 36.3 Å². The van der Waals surface area contributed by atoms with Crippen LogP contribution in [0.4, 0.5) is 0 Å². The van der Waals surface area contributed by atoms with Gasteiger partial charge in [-0.05, 0) is 38.8 Å². The van der Waals surface area contributed by atoms with Gasteiger partial charge in [0.2, 0.25) is 10.0 Å². The highest BCUT2D eigenvalue weighted by Crippen LogP contribution is 2.29. The van der Waals surface area contributed by atoms with Crippen molar-refractivity contribution in [1.29, 1.82) is 0 Å². The molecule has 4 nitrogen and oxygen atoms in total. The van der Waals surface area contributed by atoms with Crippen LogP contribution < -0.4 is 0 Å². The number of hydrogen-bond donors (Lipinski definition) is 1. The van der Waals surface area contributed by atoms with Gasteiger partial charge in [0, 0.05) is 19.0 Å². The van der Waals surface area contributed by atoms with Crippen molar-refractivity contribution >= 4 is 10.0 Å². The first-order valence-corrected chi connectivity index (χ1v) is 9.24. The van der Waals surface area contributed by atoms with Crippen molar-refractivity contribution in [2.75, 3.05) is 13.1 Å². The molecule has 0 spiro atoms. The molecule has 0 bridgehead atoms. The normalized spacial score (nSPS) is 24.5. The molecule has 0 saturated carbocycles. The molecule has 1 aliphatic heterocycles. The van der Waals surface area contributed by atoms with Crippen LogP contribution in [-0.4, -0.2) is 37.0 Å². The van der Waals surface area contributed by atoms with Crippen LogP contribution in [0.1, 0.15) is 32.3 Å². The molecule has 0 aromatic heterocycles. The highest BCUT2D eigenvalue weighted by atomic mass is 32.2. The van der Waals surface area contributed by atoms with Crippen LogP contribution in [0, 0.1) is 12.8 Å². The Balaban J connectivity index is 2.26. The third-order valence-electron chi connectivity index (χ3n) is 4.45. The van der Waals surface area contributed by atoms with Crippen LogP contribution in [-0.2, 0) is 10.0 Å². The molecule has 1 fully saturated rings. The van der Waals surface area contributed by atoms with Crippen molar-refractivity contribution in [3.05, 3.63) is 41.5 Å². The second-order valence-corrected chi connectivity index (χ2v) is 7.79. The second-order valence-electron chi connectivity index (χ2n) is 5.86. The summed E-state index contributed by atoms with van der Waals surface area (Å²) in [6.07, 6.45) is 2.84. The number of aryl methyl sites for hydroxylation is 1. The second kappa shape index (κ2) is 6.94. The monoisotopic (exact) mass is 323 g/mol. The van der Waals surface area contributed by atoms with Gasteiger partial charge in [0.05, 0.1) is 11.0 Å². The summed E-state index contributed by atoms with van der Waals surface area (Å²) in [5.41, 5.74) is 2.16. The maximum atomic E-state index is 12.8. The molecule has 1 aromatic rings. The SMILES string of the molecule is C/C=C(/CC)[C@@H]1CN(S(=O)(=O)c2ccc(C)cc2)CC[C@H]1O. The average molecular weight is 323 g/mol. The van der Waals surface area contributed by atoms with E-state index in [9.17, 15) is 13.5 Å². The highest BCUT2D eigenvalue weighted by Gasteiger charge is 2.35. The van der Waals surface area contributed by atoms with E-state index in [4.69, 9.17) is 0 Å². The van der Waals surface area contributed by atoms with Gasteiger partial charge in [0.25, 0.3) is 0 Å². The Morgan fingerprint density at radius 1 is 1.36 bits per heavy atom. The molecule has 0 unspecified atom stereocenters. The zero-order chi connectivity index (χ0) is 16.3. The van der Waals surface area contributed by atoms with Gasteiger partial charge in [-0.15, -0.1) is 0 Å². The predicted octanol–water partition coefficient (Wildman–Crippen LogP) is 2.72. The lowest BCUT2D eigenvalue weighted by atomic mass is 9.87. The lowest BCUT2D eigenvalue weighted by Crippen LogP contribution is -2.46. The molecule has 2 rings (SSSR count). The zero-order valence-electron chi connectivity index (χ0n) is 13.5. The summed E-state index contributed by atoms with van der Waals surface area (Å²) in [6.45, 7) is 6.64. The van der Waals surface area contributed by atoms with Crippen molar-refractivity contribution in [2.45, 2.75) is 44.6 Å². The number of aliphatic hydroxyl groups is 1. The maximum Gasteiger partial charge on any atom is 0.243 e. The summed E-state index contributed by atoms with van der Waals surface area (Å²) in [4.78, 5) is 0.326. The summed E-state index contributed by atoms with van der Waals surface area (Å²) in [5, 5.41) is 10.2. The molecule has 0 radical (unpaired) electrons. The van der Waals surface area contributed by atoms with E-state index in [1.54, 1.807) is 12.1 Å². The van der Waals surface area contributed by atoms with Gasteiger partial charge >= 0.3 is 0 Å². The minimum absolute atomic E-state index is 0.107.